The van der Waals surface area contributed by atoms with Crippen LogP contribution in [0.3, 0.4) is 0 Å². The monoisotopic (exact) mass is 519 g/mol. The van der Waals surface area contributed by atoms with E-state index in [1.165, 1.54) is 4.90 Å². The van der Waals surface area contributed by atoms with E-state index >= 15 is 0 Å². The summed E-state index contributed by atoms with van der Waals surface area (Å²) in [5.41, 5.74) is 1.55. The first-order valence-electron chi connectivity index (χ1n) is 10.2. The van der Waals surface area contributed by atoms with Gasteiger partial charge in [-0.1, -0.05) is 24.3 Å². The predicted molar refractivity (Wildman–Crippen MR) is 124 cm³/mol. The summed E-state index contributed by atoms with van der Waals surface area (Å²) in [6.07, 6.45) is 5.16. The molecule has 0 spiro atoms. The molecule has 2 N–H and O–H groups in total. The van der Waals surface area contributed by atoms with Gasteiger partial charge in [0.25, 0.3) is 0 Å². The minimum Gasteiger partial charge on any atom is -0.357 e. The lowest BCUT2D eigenvalue weighted by atomic mass is 9.85. The lowest BCUT2D eigenvalue weighted by Gasteiger charge is -2.18. The fourth-order valence-corrected chi connectivity index (χ4v) is 4.72. The summed E-state index contributed by atoms with van der Waals surface area (Å²) in [5.74, 6) is 0.766. The highest BCUT2D eigenvalue weighted by molar-refractivity contribution is 14.0. The maximum Gasteiger partial charge on any atom is 0.233 e. The van der Waals surface area contributed by atoms with Gasteiger partial charge in [0.1, 0.15) is 0 Å². The molecule has 0 radical (unpaired) electrons. The number of imide groups is 1. The predicted octanol–water partition coefficient (Wildman–Crippen LogP) is 2.04. The largest absolute Gasteiger partial charge is 0.357 e. The van der Waals surface area contributed by atoms with Crippen LogP contribution < -0.4 is 10.6 Å². The Labute approximate surface area is 193 Å². The molecular weight excluding hydrogens is 493 g/mol. The van der Waals surface area contributed by atoms with E-state index in [0.717, 1.165) is 12.0 Å². The van der Waals surface area contributed by atoms with Gasteiger partial charge in [0, 0.05) is 19.6 Å². The van der Waals surface area contributed by atoms with Crippen LogP contribution in [-0.2, 0) is 16.1 Å². The number of hydrogen-bond acceptors (Lipinski definition) is 4. The number of rotatable bonds is 6. The molecule has 2 fully saturated rings. The highest BCUT2D eigenvalue weighted by atomic mass is 127. The Morgan fingerprint density at radius 3 is 2.53 bits per heavy atom. The summed E-state index contributed by atoms with van der Waals surface area (Å²) in [7, 11) is 0. The molecule has 7 nitrogen and oxygen atoms in total. The third-order valence-electron chi connectivity index (χ3n) is 6.01. The minimum absolute atomic E-state index is 0. The number of guanidine groups is 1. The Bertz CT molecular complexity index is 892. The molecule has 158 valence electrons. The zero-order valence-corrected chi connectivity index (χ0v) is 19.2. The summed E-state index contributed by atoms with van der Waals surface area (Å²) >= 11 is 0. The SMILES string of the molecule is CCNC(=NCc1cccc(C#N)c1)NCCN1C(=O)C2C3C=CC(C3)C2C1=O.I. The second-order valence-electron chi connectivity index (χ2n) is 7.76. The fraction of sp³-hybridized carbons (Fsp3) is 0.455. The van der Waals surface area contributed by atoms with Gasteiger partial charge >= 0.3 is 0 Å². The molecule has 30 heavy (non-hydrogen) atoms. The molecule has 3 aliphatic rings. The van der Waals surface area contributed by atoms with Gasteiger partial charge in [-0.2, -0.15) is 5.26 Å². The molecule has 8 heteroatoms. The summed E-state index contributed by atoms with van der Waals surface area (Å²) < 4.78 is 0. The molecule has 1 saturated carbocycles. The first kappa shape index (κ1) is 22.3. The Hall–Kier alpha value is -2.41. The van der Waals surface area contributed by atoms with Crippen molar-refractivity contribution in [3.8, 4) is 6.07 Å². The van der Waals surface area contributed by atoms with Crippen LogP contribution >= 0.6 is 24.0 Å². The van der Waals surface area contributed by atoms with Crippen molar-refractivity contribution in [2.45, 2.75) is 19.9 Å². The van der Waals surface area contributed by atoms with Crippen LogP contribution in [0, 0.1) is 35.0 Å². The maximum atomic E-state index is 12.7. The zero-order valence-electron chi connectivity index (χ0n) is 16.9. The van der Waals surface area contributed by atoms with Gasteiger partial charge in [-0.15, -0.1) is 24.0 Å². The summed E-state index contributed by atoms with van der Waals surface area (Å²) in [4.78, 5) is 31.4. The number of allylic oxidation sites excluding steroid dienone is 2. The summed E-state index contributed by atoms with van der Waals surface area (Å²) in [6, 6.07) is 9.47. The van der Waals surface area contributed by atoms with E-state index in [9.17, 15) is 9.59 Å². The van der Waals surface area contributed by atoms with Crippen LogP contribution in [-0.4, -0.2) is 42.3 Å². The molecule has 1 aromatic carbocycles. The van der Waals surface area contributed by atoms with Gasteiger partial charge in [0.05, 0.1) is 30.0 Å². The number of aliphatic imine (C=N–C) groups is 1. The third kappa shape index (κ3) is 4.21. The quantitative estimate of drug-likeness (QED) is 0.197. The number of carbonyl (C=O) groups excluding carboxylic acids is 2. The van der Waals surface area contributed by atoms with Crippen molar-refractivity contribution in [1.29, 1.82) is 5.26 Å². The van der Waals surface area contributed by atoms with Crippen molar-refractivity contribution in [3.05, 3.63) is 47.5 Å². The average Bonchev–Trinajstić information content (AvgIpc) is 3.41. The molecule has 2 bridgehead atoms. The normalized spacial score (nSPS) is 26.4. The second kappa shape index (κ2) is 9.60. The van der Waals surface area contributed by atoms with Crippen LogP contribution in [0.2, 0.25) is 0 Å². The molecule has 1 aromatic rings. The highest BCUT2D eigenvalue weighted by Gasteiger charge is 2.58. The average molecular weight is 519 g/mol. The number of nitriles is 1. The topological polar surface area (TPSA) is 97.6 Å². The first-order valence-corrected chi connectivity index (χ1v) is 10.2. The fourth-order valence-electron chi connectivity index (χ4n) is 4.72. The van der Waals surface area contributed by atoms with E-state index in [1.54, 1.807) is 6.07 Å². The smallest absolute Gasteiger partial charge is 0.233 e. The molecule has 2 amide bonds. The molecule has 4 atom stereocenters. The van der Waals surface area contributed by atoms with Crippen molar-refractivity contribution < 1.29 is 9.59 Å². The van der Waals surface area contributed by atoms with Gasteiger partial charge in [-0.05, 0) is 42.9 Å². The van der Waals surface area contributed by atoms with Crippen molar-refractivity contribution in [1.82, 2.24) is 15.5 Å². The summed E-state index contributed by atoms with van der Waals surface area (Å²) in [5, 5.41) is 15.4. The molecule has 1 heterocycles. The molecular formula is C22H26IN5O2. The summed E-state index contributed by atoms with van der Waals surface area (Å²) in [6.45, 7) is 3.91. The highest BCUT2D eigenvalue weighted by Crippen LogP contribution is 2.52. The van der Waals surface area contributed by atoms with Crippen molar-refractivity contribution in [3.63, 3.8) is 0 Å². The Kier molecular flexibility index (Phi) is 7.13. The third-order valence-corrected chi connectivity index (χ3v) is 6.01. The van der Waals surface area contributed by atoms with E-state index in [1.807, 2.05) is 25.1 Å². The first-order chi connectivity index (χ1) is 14.1. The van der Waals surface area contributed by atoms with Crippen molar-refractivity contribution in [2.75, 3.05) is 19.6 Å². The van der Waals surface area contributed by atoms with Crippen LogP contribution in [0.5, 0.6) is 0 Å². The van der Waals surface area contributed by atoms with Gasteiger partial charge in [-0.25, -0.2) is 4.99 Å². The van der Waals surface area contributed by atoms with E-state index in [2.05, 4.69) is 33.8 Å². The van der Waals surface area contributed by atoms with Crippen molar-refractivity contribution >= 4 is 41.8 Å². The van der Waals surface area contributed by atoms with E-state index in [-0.39, 0.29) is 59.5 Å². The number of fused-ring (bicyclic) bond motifs is 5. The molecule has 4 rings (SSSR count). The molecule has 4 unspecified atom stereocenters. The number of benzene rings is 1. The van der Waals surface area contributed by atoms with Gasteiger partial charge < -0.3 is 10.6 Å². The van der Waals surface area contributed by atoms with Crippen molar-refractivity contribution in [2.24, 2.45) is 28.7 Å². The minimum atomic E-state index is -0.146. The number of nitrogens with one attached hydrogen (secondary N) is 2. The molecule has 1 aliphatic heterocycles. The molecule has 1 saturated heterocycles. The Morgan fingerprint density at radius 2 is 1.90 bits per heavy atom. The van der Waals surface area contributed by atoms with E-state index in [0.29, 0.717) is 37.7 Å². The van der Waals surface area contributed by atoms with Crippen LogP contribution in [0.25, 0.3) is 0 Å². The van der Waals surface area contributed by atoms with E-state index < -0.39 is 0 Å². The lowest BCUT2D eigenvalue weighted by molar-refractivity contribution is -0.140. The Morgan fingerprint density at radius 1 is 1.20 bits per heavy atom. The standard InChI is InChI=1S/C22H25N5O2.HI/c1-2-24-22(26-13-15-5-3-4-14(10-15)12-23)25-8-9-27-20(28)18-16-6-7-17(11-16)19(18)21(27)29;/h3-7,10,16-19H,2,8-9,11,13H2,1H3,(H2,24,25,26);1H. The number of carbonyl (C=O) groups is 2. The van der Waals surface area contributed by atoms with Crippen LogP contribution in [0.1, 0.15) is 24.5 Å². The second-order valence-corrected chi connectivity index (χ2v) is 7.76. The number of nitrogens with zero attached hydrogens (tertiary/aromatic N) is 3. The van der Waals surface area contributed by atoms with Gasteiger partial charge in [0.15, 0.2) is 5.96 Å². The van der Waals surface area contributed by atoms with Crippen LogP contribution in [0.4, 0.5) is 0 Å². The zero-order chi connectivity index (χ0) is 20.4. The number of amides is 2. The number of likely N-dealkylation sites (tertiary alicyclic amines) is 1. The molecule has 0 aromatic heterocycles. The van der Waals surface area contributed by atoms with Gasteiger partial charge in [0.2, 0.25) is 11.8 Å². The van der Waals surface area contributed by atoms with E-state index in [4.69, 9.17) is 5.26 Å². The lowest BCUT2D eigenvalue weighted by Crippen LogP contribution is -2.43. The number of hydrogen-bond donors (Lipinski definition) is 2. The van der Waals surface area contributed by atoms with Gasteiger partial charge in [-0.3, -0.25) is 14.5 Å². The molecule has 2 aliphatic carbocycles. The Balaban J connectivity index is 0.00000256. The van der Waals surface area contributed by atoms with Crippen LogP contribution in [0.15, 0.2) is 41.4 Å². The number of halogens is 1. The maximum absolute atomic E-state index is 12.7.